The average Bonchev–Trinajstić information content (AvgIpc) is 2.36. The maximum absolute atomic E-state index is 4.20. The molecule has 0 aromatic heterocycles. The fraction of sp³-hybridized carbons (Fsp3) is 0.588. The smallest absolute Gasteiger partial charge is 0.191 e. The van der Waals surface area contributed by atoms with Gasteiger partial charge in [-0.05, 0) is 36.8 Å². The third-order valence-electron chi connectivity index (χ3n) is 3.18. The molecule has 1 aromatic rings. The van der Waals surface area contributed by atoms with Crippen molar-refractivity contribution in [3.8, 4) is 0 Å². The van der Waals surface area contributed by atoms with Gasteiger partial charge in [-0.25, -0.2) is 0 Å². The lowest BCUT2D eigenvalue weighted by atomic mass is 9.86. The van der Waals surface area contributed by atoms with Crippen molar-refractivity contribution in [3.05, 3.63) is 35.4 Å². The van der Waals surface area contributed by atoms with Crippen molar-refractivity contribution >= 4 is 29.9 Å². The Morgan fingerprint density at radius 1 is 1.14 bits per heavy atom. The molecule has 0 bridgehead atoms. The Morgan fingerprint density at radius 2 is 1.71 bits per heavy atom. The molecule has 0 saturated heterocycles. The van der Waals surface area contributed by atoms with E-state index in [1.54, 1.807) is 7.05 Å². The van der Waals surface area contributed by atoms with E-state index in [1.807, 2.05) is 0 Å². The Bertz CT molecular complexity index is 430. The van der Waals surface area contributed by atoms with Crippen molar-refractivity contribution in [2.75, 3.05) is 13.6 Å². The van der Waals surface area contributed by atoms with Crippen LogP contribution in [0.5, 0.6) is 0 Å². The van der Waals surface area contributed by atoms with Crippen LogP contribution in [-0.2, 0) is 11.8 Å². The number of hydrogen-bond donors (Lipinski definition) is 2. The molecule has 3 nitrogen and oxygen atoms in total. The summed E-state index contributed by atoms with van der Waals surface area (Å²) in [6.07, 6.45) is 1.00. The van der Waals surface area contributed by atoms with Crippen LogP contribution in [0.4, 0.5) is 0 Å². The van der Waals surface area contributed by atoms with Crippen LogP contribution in [0.1, 0.15) is 45.7 Å². The molecule has 120 valence electrons. The maximum Gasteiger partial charge on any atom is 0.191 e. The van der Waals surface area contributed by atoms with Crippen LogP contribution in [0.3, 0.4) is 0 Å². The van der Waals surface area contributed by atoms with E-state index in [0.717, 1.165) is 18.9 Å². The summed E-state index contributed by atoms with van der Waals surface area (Å²) < 4.78 is 0. The van der Waals surface area contributed by atoms with Gasteiger partial charge in [-0.2, -0.15) is 0 Å². The summed E-state index contributed by atoms with van der Waals surface area (Å²) in [4.78, 5) is 4.20. The zero-order chi connectivity index (χ0) is 15.2. The molecule has 0 aliphatic carbocycles. The van der Waals surface area contributed by atoms with Crippen LogP contribution in [0.2, 0.25) is 0 Å². The van der Waals surface area contributed by atoms with E-state index in [1.165, 1.54) is 11.1 Å². The van der Waals surface area contributed by atoms with Crippen molar-refractivity contribution in [1.29, 1.82) is 0 Å². The fourth-order valence-corrected chi connectivity index (χ4v) is 1.96. The molecule has 0 aliphatic heterocycles. The van der Waals surface area contributed by atoms with Gasteiger partial charge >= 0.3 is 0 Å². The normalized spacial score (nSPS) is 12.0. The lowest BCUT2D eigenvalue weighted by Gasteiger charge is -2.19. The lowest BCUT2D eigenvalue weighted by Crippen LogP contribution is -2.41. The Labute approximate surface area is 147 Å². The van der Waals surface area contributed by atoms with Gasteiger partial charge in [0, 0.05) is 19.6 Å². The monoisotopic (exact) mass is 403 g/mol. The first-order chi connectivity index (χ1) is 9.32. The summed E-state index contributed by atoms with van der Waals surface area (Å²) >= 11 is 0. The number of hydrogen-bond acceptors (Lipinski definition) is 1. The largest absolute Gasteiger partial charge is 0.356 e. The van der Waals surface area contributed by atoms with Gasteiger partial charge in [0.05, 0.1) is 0 Å². The van der Waals surface area contributed by atoms with Gasteiger partial charge < -0.3 is 10.6 Å². The summed E-state index contributed by atoms with van der Waals surface area (Å²) in [5.41, 5.74) is 2.96. The van der Waals surface area contributed by atoms with Crippen molar-refractivity contribution in [2.24, 2.45) is 4.99 Å². The van der Waals surface area contributed by atoms with Crippen molar-refractivity contribution in [2.45, 2.75) is 52.5 Å². The summed E-state index contributed by atoms with van der Waals surface area (Å²) in [6.45, 7) is 11.8. The first-order valence-corrected chi connectivity index (χ1v) is 7.39. The van der Waals surface area contributed by atoms with Gasteiger partial charge in [-0.1, -0.05) is 45.0 Å². The molecule has 4 heteroatoms. The summed E-state index contributed by atoms with van der Waals surface area (Å²) in [6, 6.07) is 9.31. The van der Waals surface area contributed by atoms with E-state index in [-0.39, 0.29) is 29.4 Å². The Kier molecular flexibility index (Phi) is 8.94. The maximum atomic E-state index is 4.20. The number of benzene rings is 1. The quantitative estimate of drug-likeness (QED) is 0.457. The molecule has 1 rings (SSSR count). The fourth-order valence-electron chi connectivity index (χ4n) is 1.96. The number of halogens is 1. The number of rotatable bonds is 4. The molecule has 2 N–H and O–H groups in total. The van der Waals surface area contributed by atoms with Crippen LogP contribution in [-0.4, -0.2) is 25.6 Å². The van der Waals surface area contributed by atoms with Crippen LogP contribution >= 0.6 is 24.0 Å². The molecule has 0 aliphatic rings. The van der Waals surface area contributed by atoms with Crippen molar-refractivity contribution in [1.82, 2.24) is 10.6 Å². The highest BCUT2D eigenvalue weighted by atomic mass is 127. The average molecular weight is 403 g/mol. The minimum atomic E-state index is 0. The highest BCUT2D eigenvalue weighted by Gasteiger charge is 2.12. The predicted molar refractivity (Wildman–Crippen MR) is 104 cm³/mol. The van der Waals surface area contributed by atoms with E-state index in [4.69, 9.17) is 0 Å². The van der Waals surface area contributed by atoms with E-state index in [2.05, 4.69) is 74.5 Å². The van der Waals surface area contributed by atoms with Crippen LogP contribution in [0, 0.1) is 0 Å². The first kappa shape index (κ1) is 20.2. The highest BCUT2D eigenvalue weighted by Crippen LogP contribution is 2.22. The third-order valence-corrected chi connectivity index (χ3v) is 3.18. The predicted octanol–water partition coefficient (Wildman–Crippen LogP) is 3.72. The second kappa shape index (κ2) is 9.28. The van der Waals surface area contributed by atoms with Gasteiger partial charge in [-0.15, -0.1) is 24.0 Å². The van der Waals surface area contributed by atoms with E-state index >= 15 is 0 Å². The minimum Gasteiger partial charge on any atom is -0.356 e. The second-order valence-corrected chi connectivity index (χ2v) is 6.49. The zero-order valence-electron chi connectivity index (χ0n) is 14.2. The summed E-state index contributed by atoms with van der Waals surface area (Å²) in [5, 5.41) is 6.62. The van der Waals surface area contributed by atoms with Crippen LogP contribution in [0.25, 0.3) is 0 Å². The Balaban J connectivity index is 0.00000400. The molecule has 0 unspecified atom stereocenters. The molecule has 0 saturated carbocycles. The number of aliphatic imine (C=N–C) groups is 1. The second-order valence-electron chi connectivity index (χ2n) is 6.49. The first-order valence-electron chi connectivity index (χ1n) is 7.39. The molecule has 21 heavy (non-hydrogen) atoms. The van der Waals surface area contributed by atoms with Crippen molar-refractivity contribution in [3.63, 3.8) is 0 Å². The molecule has 0 radical (unpaired) electrons. The van der Waals surface area contributed by atoms with Crippen LogP contribution < -0.4 is 10.6 Å². The third kappa shape index (κ3) is 7.69. The van der Waals surface area contributed by atoms with Crippen LogP contribution in [0.15, 0.2) is 29.3 Å². The Hall–Kier alpha value is -0.780. The number of nitrogens with zero attached hydrogens (tertiary/aromatic N) is 1. The standard InChI is InChI=1S/C17H29N3.HI/c1-13(2)20-16(18-6)19-12-11-14-7-9-15(10-8-14)17(3,4)5;/h7-10,13H,11-12H2,1-6H3,(H2,18,19,20);1H. The molecule has 0 spiro atoms. The number of nitrogens with one attached hydrogen (secondary N) is 2. The van der Waals surface area contributed by atoms with E-state index in [0.29, 0.717) is 6.04 Å². The molecule has 0 fully saturated rings. The van der Waals surface area contributed by atoms with Crippen molar-refractivity contribution < 1.29 is 0 Å². The van der Waals surface area contributed by atoms with E-state index in [9.17, 15) is 0 Å². The van der Waals surface area contributed by atoms with Gasteiger partial charge in [0.15, 0.2) is 5.96 Å². The van der Waals surface area contributed by atoms with Gasteiger partial charge in [0.25, 0.3) is 0 Å². The van der Waals surface area contributed by atoms with Gasteiger partial charge in [0.2, 0.25) is 0 Å². The molecule has 0 heterocycles. The highest BCUT2D eigenvalue weighted by molar-refractivity contribution is 14.0. The topological polar surface area (TPSA) is 36.4 Å². The summed E-state index contributed by atoms with van der Waals surface area (Å²) in [7, 11) is 1.80. The molecule has 1 aromatic carbocycles. The lowest BCUT2D eigenvalue weighted by molar-refractivity contribution is 0.590. The van der Waals surface area contributed by atoms with E-state index < -0.39 is 0 Å². The number of guanidine groups is 1. The zero-order valence-corrected chi connectivity index (χ0v) is 16.5. The minimum absolute atomic E-state index is 0. The summed E-state index contributed by atoms with van der Waals surface area (Å²) in [5.74, 6) is 0.867. The molecule has 0 atom stereocenters. The molecule has 0 amide bonds. The Morgan fingerprint density at radius 3 is 2.14 bits per heavy atom. The molecular weight excluding hydrogens is 373 g/mol. The SMILES string of the molecule is CN=C(NCCc1ccc(C(C)(C)C)cc1)NC(C)C.I. The van der Waals surface area contributed by atoms with Gasteiger partial charge in [-0.3, -0.25) is 4.99 Å². The molecular formula is C17H30IN3. The van der Waals surface area contributed by atoms with Gasteiger partial charge in [0.1, 0.15) is 0 Å².